The van der Waals surface area contributed by atoms with Crippen molar-refractivity contribution in [3.63, 3.8) is 0 Å². The second-order valence-corrected chi connectivity index (χ2v) is 5.98. The van der Waals surface area contributed by atoms with Crippen molar-refractivity contribution in [2.45, 2.75) is 5.75 Å². The summed E-state index contributed by atoms with van der Waals surface area (Å²) in [5.74, 6) is 2.48. The van der Waals surface area contributed by atoms with Crippen LogP contribution in [0.5, 0.6) is 0 Å². The number of ether oxygens (including phenoxy) is 1. The maximum atomic E-state index is 5.76. The van der Waals surface area contributed by atoms with Gasteiger partial charge in [0, 0.05) is 25.2 Å². The number of fused-ring (bicyclic) bond motifs is 1. The molecule has 0 saturated heterocycles. The summed E-state index contributed by atoms with van der Waals surface area (Å²) in [5.41, 5.74) is 7.14. The number of benzene rings is 2. The van der Waals surface area contributed by atoms with E-state index in [1.54, 1.807) is 7.11 Å². The first kappa shape index (κ1) is 16.6. The zero-order valence-electron chi connectivity index (χ0n) is 12.9. The predicted octanol–water partition coefficient (Wildman–Crippen LogP) is 2.62. The molecule has 0 aliphatic carbocycles. The van der Waals surface area contributed by atoms with E-state index in [2.05, 4.69) is 52.8 Å². The van der Waals surface area contributed by atoms with Gasteiger partial charge in [0.2, 0.25) is 0 Å². The van der Waals surface area contributed by atoms with E-state index in [0.29, 0.717) is 19.1 Å². The van der Waals surface area contributed by atoms with Crippen LogP contribution in [-0.2, 0) is 10.5 Å². The summed E-state index contributed by atoms with van der Waals surface area (Å²) in [5, 5.41) is 5.75. The molecule has 0 atom stereocenters. The number of nitrogens with zero attached hydrogens (tertiary/aromatic N) is 1. The highest BCUT2D eigenvalue weighted by Crippen LogP contribution is 2.22. The third-order valence-electron chi connectivity index (χ3n) is 3.27. The number of methoxy groups -OCH3 is 1. The molecule has 0 heterocycles. The van der Waals surface area contributed by atoms with Gasteiger partial charge >= 0.3 is 0 Å². The Labute approximate surface area is 136 Å². The SMILES string of the molecule is COCCN=C(N)NCCSCc1cccc2ccccc12. The molecule has 0 saturated carbocycles. The first-order valence-electron chi connectivity index (χ1n) is 7.38. The molecule has 0 unspecified atom stereocenters. The van der Waals surface area contributed by atoms with Crippen LogP contribution in [0.15, 0.2) is 47.5 Å². The summed E-state index contributed by atoms with van der Waals surface area (Å²) < 4.78 is 4.92. The van der Waals surface area contributed by atoms with Crippen LogP contribution in [0, 0.1) is 0 Å². The van der Waals surface area contributed by atoms with E-state index < -0.39 is 0 Å². The standard InChI is InChI=1S/C17H23N3OS/c1-21-11-9-19-17(18)20-10-12-22-13-15-7-4-6-14-5-2-3-8-16(14)15/h2-8H,9-13H2,1H3,(H3,18,19,20). The Kier molecular flexibility index (Phi) is 7.06. The van der Waals surface area contributed by atoms with Crippen molar-refractivity contribution in [2.75, 3.05) is 32.6 Å². The second-order valence-electron chi connectivity index (χ2n) is 4.88. The first-order valence-corrected chi connectivity index (χ1v) is 8.54. The van der Waals surface area contributed by atoms with E-state index in [0.717, 1.165) is 18.1 Å². The summed E-state index contributed by atoms with van der Waals surface area (Å²) in [4.78, 5) is 4.16. The molecule has 0 spiro atoms. The molecule has 22 heavy (non-hydrogen) atoms. The summed E-state index contributed by atoms with van der Waals surface area (Å²) in [6.07, 6.45) is 0. The van der Waals surface area contributed by atoms with Gasteiger partial charge in [-0.05, 0) is 16.3 Å². The molecule has 0 radical (unpaired) electrons. The Bertz CT molecular complexity index is 610. The van der Waals surface area contributed by atoms with Crippen LogP contribution in [0.3, 0.4) is 0 Å². The minimum absolute atomic E-state index is 0.489. The molecule has 0 fully saturated rings. The van der Waals surface area contributed by atoms with Crippen molar-refractivity contribution in [3.05, 3.63) is 48.0 Å². The molecule has 118 valence electrons. The molecule has 0 amide bonds. The number of guanidine groups is 1. The Balaban J connectivity index is 1.73. The highest BCUT2D eigenvalue weighted by molar-refractivity contribution is 7.98. The smallest absolute Gasteiger partial charge is 0.188 e. The van der Waals surface area contributed by atoms with Crippen molar-refractivity contribution in [3.8, 4) is 0 Å². The molecule has 0 aromatic heterocycles. The lowest BCUT2D eigenvalue weighted by atomic mass is 10.1. The number of nitrogens with two attached hydrogens (primary N) is 1. The predicted molar refractivity (Wildman–Crippen MR) is 96.5 cm³/mol. The van der Waals surface area contributed by atoms with Gasteiger partial charge in [0.05, 0.1) is 13.2 Å². The maximum Gasteiger partial charge on any atom is 0.188 e. The Morgan fingerprint density at radius 3 is 2.91 bits per heavy atom. The van der Waals surface area contributed by atoms with E-state index in [9.17, 15) is 0 Å². The van der Waals surface area contributed by atoms with Crippen LogP contribution < -0.4 is 11.1 Å². The van der Waals surface area contributed by atoms with Gasteiger partial charge in [-0.1, -0.05) is 42.5 Å². The van der Waals surface area contributed by atoms with Crippen LogP contribution in [0.1, 0.15) is 5.56 Å². The zero-order valence-corrected chi connectivity index (χ0v) is 13.7. The van der Waals surface area contributed by atoms with Crippen molar-refractivity contribution >= 4 is 28.5 Å². The van der Waals surface area contributed by atoms with Gasteiger partial charge in [-0.2, -0.15) is 11.8 Å². The molecule has 2 rings (SSSR count). The molecule has 0 bridgehead atoms. The second kappa shape index (κ2) is 9.33. The van der Waals surface area contributed by atoms with Crippen LogP contribution in [0.4, 0.5) is 0 Å². The maximum absolute atomic E-state index is 5.76. The molecule has 3 N–H and O–H groups in total. The number of aliphatic imine (C=N–C) groups is 1. The summed E-state index contributed by atoms with van der Waals surface area (Å²) >= 11 is 1.89. The van der Waals surface area contributed by atoms with Gasteiger partial charge in [-0.15, -0.1) is 0 Å². The zero-order chi connectivity index (χ0) is 15.6. The lowest BCUT2D eigenvalue weighted by Crippen LogP contribution is -2.33. The number of rotatable bonds is 8. The van der Waals surface area contributed by atoms with Crippen molar-refractivity contribution < 1.29 is 4.74 Å². The van der Waals surface area contributed by atoms with Gasteiger partial charge in [0.15, 0.2) is 5.96 Å². The fourth-order valence-corrected chi connectivity index (χ4v) is 3.03. The minimum Gasteiger partial charge on any atom is -0.383 e. The minimum atomic E-state index is 0.489. The third kappa shape index (κ3) is 5.24. The van der Waals surface area contributed by atoms with Crippen LogP contribution in [-0.4, -0.2) is 38.5 Å². The summed E-state index contributed by atoms with van der Waals surface area (Å²) in [6.45, 7) is 2.01. The van der Waals surface area contributed by atoms with Crippen LogP contribution in [0.2, 0.25) is 0 Å². The average molecular weight is 317 g/mol. The van der Waals surface area contributed by atoms with Crippen molar-refractivity contribution in [1.82, 2.24) is 5.32 Å². The van der Waals surface area contributed by atoms with Crippen LogP contribution >= 0.6 is 11.8 Å². The highest BCUT2D eigenvalue weighted by atomic mass is 32.2. The number of thioether (sulfide) groups is 1. The Morgan fingerprint density at radius 2 is 2.05 bits per heavy atom. The van der Waals surface area contributed by atoms with Crippen molar-refractivity contribution in [1.29, 1.82) is 0 Å². The molecule has 2 aromatic carbocycles. The molecule has 0 aliphatic heterocycles. The van der Waals surface area contributed by atoms with Gasteiger partial charge in [-0.3, -0.25) is 4.99 Å². The van der Waals surface area contributed by atoms with E-state index in [1.807, 2.05) is 11.8 Å². The van der Waals surface area contributed by atoms with Gasteiger partial charge in [0.1, 0.15) is 0 Å². The summed E-state index contributed by atoms with van der Waals surface area (Å²) in [6, 6.07) is 15.0. The fraction of sp³-hybridized carbons (Fsp3) is 0.353. The number of hydrogen-bond acceptors (Lipinski definition) is 3. The molecule has 4 nitrogen and oxygen atoms in total. The normalized spacial score (nSPS) is 11.8. The Hall–Kier alpha value is -1.72. The van der Waals surface area contributed by atoms with Crippen molar-refractivity contribution in [2.24, 2.45) is 10.7 Å². The molecular weight excluding hydrogens is 294 g/mol. The lowest BCUT2D eigenvalue weighted by Gasteiger charge is -2.08. The van der Waals surface area contributed by atoms with E-state index >= 15 is 0 Å². The van der Waals surface area contributed by atoms with Gasteiger partial charge in [-0.25, -0.2) is 0 Å². The topological polar surface area (TPSA) is 59.6 Å². The number of hydrogen-bond donors (Lipinski definition) is 2. The lowest BCUT2D eigenvalue weighted by molar-refractivity contribution is 0.208. The molecule has 5 heteroatoms. The molecular formula is C17H23N3OS. The van der Waals surface area contributed by atoms with E-state index in [-0.39, 0.29) is 0 Å². The third-order valence-corrected chi connectivity index (χ3v) is 4.28. The molecule has 0 aliphatic rings. The molecule has 2 aromatic rings. The highest BCUT2D eigenvalue weighted by Gasteiger charge is 2.00. The largest absolute Gasteiger partial charge is 0.383 e. The average Bonchev–Trinajstić information content (AvgIpc) is 2.55. The van der Waals surface area contributed by atoms with Gasteiger partial charge in [0.25, 0.3) is 0 Å². The quantitative estimate of drug-likeness (QED) is 0.446. The monoisotopic (exact) mass is 317 g/mol. The van der Waals surface area contributed by atoms with Crippen LogP contribution in [0.25, 0.3) is 10.8 Å². The van der Waals surface area contributed by atoms with Gasteiger partial charge < -0.3 is 15.8 Å². The first-order chi connectivity index (χ1) is 10.8. The number of nitrogens with one attached hydrogen (secondary N) is 1. The Morgan fingerprint density at radius 1 is 1.23 bits per heavy atom. The van der Waals surface area contributed by atoms with E-state index in [4.69, 9.17) is 10.5 Å². The summed E-state index contributed by atoms with van der Waals surface area (Å²) in [7, 11) is 1.66. The van der Waals surface area contributed by atoms with E-state index in [1.165, 1.54) is 16.3 Å². The fourth-order valence-electron chi connectivity index (χ4n) is 2.17.